The van der Waals surface area contributed by atoms with Gasteiger partial charge in [0.15, 0.2) is 0 Å². The SMILES string of the molecule is N#CC(=Cc1cc2cc(Br)ccc2nc1Cl)c1nc(-c2cc3ccccc3oc2=O)cs1. The molecular formula is C24H11BrClN3O2S. The molecule has 0 saturated carbocycles. The van der Waals surface area contributed by atoms with Crippen LogP contribution in [0, 0.1) is 11.3 Å². The second-order valence-corrected chi connectivity index (χ2v) is 9.03. The van der Waals surface area contributed by atoms with Crippen molar-refractivity contribution in [1.82, 2.24) is 9.97 Å². The highest BCUT2D eigenvalue weighted by molar-refractivity contribution is 9.10. The zero-order valence-electron chi connectivity index (χ0n) is 16.2. The number of nitriles is 1. The first kappa shape index (κ1) is 20.6. The number of hydrogen-bond acceptors (Lipinski definition) is 6. The van der Waals surface area contributed by atoms with Crippen LogP contribution in [0.2, 0.25) is 5.15 Å². The summed E-state index contributed by atoms with van der Waals surface area (Å²) in [6.45, 7) is 0. The molecule has 0 aliphatic rings. The second-order valence-electron chi connectivity index (χ2n) is 6.90. The first-order chi connectivity index (χ1) is 15.5. The van der Waals surface area contributed by atoms with Crippen LogP contribution in [-0.4, -0.2) is 9.97 Å². The number of aromatic nitrogens is 2. The van der Waals surface area contributed by atoms with Gasteiger partial charge < -0.3 is 4.42 Å². The van der Waals surface area contributed by atoms with Crippen LogP contribution in [-0.2, 0) is 0 Å². The zero-order valence-corrected chi connectivity index (χ0v) is 19.3. The predicted octanol–water partition coefficient (Wildman–Crippen LogP) is 6.94. The third kappa shape index (κ3) is 3.84. The molecule has 0 fully saturated rings. The van der Waals surface area contributed by atoms with Crippen molar-refractivity contribution in [3.05, 3.63) is 90.6 Å². The molecule has 5 aromatic rings. The first-order valence-corrected chi connectivity index (χ1v) is 11.4. The average molecular weight is 521 g/mol. The topological polar surface area (TPSA) is 79.8 Å². The number of fused-ring (bicyclic) bond motifs is 2. The molecule has 32 heavy (non-hydrogen) atoms. The maximum Gasteiger partial charge on any atom is 0.345 e. The number of halogens is 2. The minimum absolute atomic E-state index is 0.291. The zero-order chi connectivity index (χ0) is 22.2. The summed E-state index contributed by atoms with van der Waals surface area (Å²) in [5.74, 6) is 0. The first-order valence-electron chi connectivity index (χ1n) is 9.38. The lowest BCUT2D eigenvalue weighted by Gasteiger charge is -2.03. The maximum absolute atomic E-state index is 12.5. The van der Waals surface area contributed by atoms with Gasteiger partial charge in [-0.2, -0.15) is 5.26 Å². The lowest BCUT2D eigenvalue weighted by Crippen LogP contribution is -2.02. The van der Waals surface area contributed by atoms with Crippen LogP contribution in [0.25, 0.3) is 44.8 Å². The highest BCUT2D eigenvalue weighted by Crippen LogP contribution is 2.30. The van der Waals surface area contributed by atoms with Gasteiger partial charge in [-0.3, -0.25) is 0 Å². The highest BCUT2D eigenvalue weighted by atomic mass is 79.9. The van der Waals surface area contributed by atoms with Gasteiger partial charge in [0, 0.05) is 26.2 Å². The summed E-state index contributed by atoms with van der Waals surface area (Å²) in [6.07, 6.45) is 1.65. The number of para-hydroxylation sites is 1. The van der Waals surface area contributed by atoms with Crippen molar-refractivity contribution in [2.45, 2.75) is 0 Å². The van der Waals surface area contributed by atoms with Crippen molar-refractivity contribution in [1.29, 1.82) is 5.26 Å². The van der Waals surface area contributed by atoms with Gasteiger partial charge in [-0.15, -0.1) is 11.3 Å². The molecule has 5 rings (SSSR count). The molecule has 0 atom stereocenters. The Morgan fingerprint density at radius 1 is 1.12 bits per heavy atom. The molecule has 0 unspecified atom stereocenters. The Morgan fingerprint density at radius 2 is 1.97 bits per heavy atom. The Balaban J connectivity index is 1.57. The molecule has 5 nitrogen and oxygen atoms in total. The normalized spacial score (nSPS) is 11.7. The van der Waals surface area contributed by atoms with Gasteiger partial charge in [0.25, 0.3) is 0 Å². The summed E-state index contributed by atoms with van der Waals surface area (Å²) in [4.78, 5) is 21.4. The van der Waals surface area contributed by atoms with Crippen molar-refractivity contribution in [2.24, 2.45) is 0 Å². The molecule has 0 radical (unpaired) electrons. The molecule has 0 bridgehead atoms. The van der Waals surface area contributed by atoms with Crippen LogP contribution < -0.4 is 5.63 Å². The van der Waals surface area contributed by atoms with Crippen LogP contribution in [0.1, 0.15) is 10.6 Å². The van der Waals surface area contributed by atoms with Gasteiger partial charge >= 0.3 is 5.63 Å². The summed E-state index contributed by atoms with van der Waals surface area (Å²) < 4.78 is 6.32. The van der Waals surface area contributed by atoms with Gasteiger partial charge in [-0.25, -0.2) is 14.8 Å². The van der Waals surface area contributed by atoms with E-state index in [9.17, 15) is 10.1 Å². The van der Waals surface area contributed by atoms with E-state index in [1.165, 1.54) is 11.3 Å². The fourth-order valence-corrected chi connectivity index (χ4v) is 4.66. The van der Waals surface area contributed by atoms with Gasteiger partial charge in [-0.05, 0) is 42.5 Å². The Hall–Kier alpha value is -3.31. The minimum atomic E-state index is -0.476. The summed E-state index contributed by atoms with van der Waals surface area (Å²) in [5.41, 5.74) is 2.53. The quantitative estimate of drug-likeness (QED) is 0.146. The molecule has 8 heteroatoms. The monoisotopic (exact) mass is 519 g/mol. The lowest BCUT2D eigenvalue weighted by molar-refractivity contribution is 0.563. The molecule has 0 spiro atoms. The molecule has 2 aromatic carbocycles. The van der Waals surface area contributed by atoms with Gasteiger partial charge in [-0.1, -0.05) is 45.7 Å². The summed E-state index contributed by atoms with van der Waals surface area (Å²) in [7, 11) is 0. The largest absolute Gasteiger partial charge is 0.422 e. The molecule has 0 aliphatic carbocycles. The highest BCUT2D eigenvalue weighted by Gasteiger charge is 2.14. The molecular weight excluding hydrogens is 510 g/mol. The van der Waals surface area contributed by atoms with Crippen molar-refractivity contribution < 1.29 is 4.42 Å². The van der Waals surface area contributed by atoms with Crippen molar-refractivity contribution in [3.8, 4) is 17.3 Å². The smallest absolute Gasteiger partial charge is 0.345 e. The number of thiazole rings is 1. The second kappa shape index (κ2) is 8.32. The van der Waals surface area contributed by atoms with Gasteiger partial charge in [0.2, 0.25) is 0 Å². The number of rotatable bonds is 3. The Labute approximate surface area is 199 Å². The molecule has 0 amide bonds. The minimum Gasteiger partial charge on any atom is -0.422 e. The molecule has 0 N–H and O–H groups in total. The van der Waals surface area contributed by atoms with Crippen LogP contribution >= 0.6 is 38.9 Å². The number of nitrogens with zero attached hydrogens (tertiary/aromatic N) is 3. The molecule has 3 aromatic heterocycles. The molecule has 154 valence electrons. The van der Waals surface area contributed by atoms with E-state index < -0.39 is 5.63 Å². The summed E-state index contributed by atoms with van der Waals surface area (Å²) in [5, 5.41) is 13.9. The maximum atomic E-state index is 12.5. The average Bonchev–Trinajstić information content (AvgIpc) is 3.27. The van der Waals surface area contributed by atoms with E-state index in [0.29, 0.717) is 38.1 Å². The van der Waals surface area contributed by atoms with Crippen molar-refractivity contribution in [2.75, 3.05) is 0 Å². The number of pyridine rings is 1. The molecule has 0 aliphatic heterocycles. The molecule has 3 heterocycles. The number of allylic oxidation sites excluding steroid dienone is 1. The standard InChI is InChI=1S/C24H11BrClN3O2S/c25-17-5-6-19-14(9-17)7-15(22(26)28-19)8-16(11-27)23-29-20(12-32-23)18-10-13-3-1-2-4-21(13)31-24(18)30/h1-10,12H. The number of benzene rings is 2. The van der Waals surface area contributed by atoms with E-state index >= 15 is 0 Å². The summed E-state index contributed by atoms with van der Waals surface area (Å²) >= 11 is 11.1. The van der Waals surface area contributed by atoms with E-state index in [0.717, 1.165) is 20.8 Å². The van der Waals surface area contributed by atoms with Crippen molar-refractivity contribution in [3.63, 3.8) is 0 Å². The Kier molecular flexibility index (Phi) is 5.35. The third-order valence-electron chi connectivity index (χ3n) is 4.83. The lowest BCUT2D eigenvalue weighted by atomic mass is 10.1. The van der Waals surface area contributed by atoms with Crippen LogP contribution in [0.5, 0.6) is 0 Å². The fraction of sp³-hybridized carbons (Fsp3) is 0. The van der Waals surface area contributed by atoms with Crippen molar-refractivity contribution >= 4 is 72.4 Å². The van der Waals surface area contributed by atoms with E-state index in [1.807, 2.05) is 36.4 Å². The van der Waals surface area contributed by atoms with E-state index in [4.69, 9.17) is 16.0 Å². The predicted molar refractivity (Wildman–Crippen MR) is 132 cm³/mol. The van der Waals surface area contributed by atoms with Gasteiger partial charge in [0.05, 0.1) is 22.3 Å². The third-order valence-corrected chi connectivity index (χ3v) is 6.50. The fourth-order valence-electron chi connectivity index (χ4n) is 3.30. The van der Waals surface area contributed by atoms with Gasteiger partial charge in [0.1, 0.15) is 21.8 Å². The van der Waals surface area contributed by atoms with E-state index in [2.05, 4.69) is 32.0 Å². The summed E-state index contributed by atoms with van der Waals surface area (Å²) in [6, 6.07) is 18.8. The van der Waals surface area contributed by atoms with Crippen LogP contribution in [0.4, 0.5) is 0 Å². The van der Waals surface area contributed by atoms with E-state index in [-0.39, 0.29) is 0 Å². The Morgan fingerprint density at radius 3 is 2.81 bits per heavy atom. The van der Waals surface area contributed by atoms with Crippen LogP contribution in [0.3, 0.4) is 0 Å². The molecule has 0 saturated heterocycles. The number of hydrogen-bond donors (Lipinski definition) is 0. The van der Waals surface area contributed by atoms with Crippen LogP contribution in [0.15, 0.2) is 73.7 Å². The van der Waals surface area contributed by atoms with E-state index in [1.54, 1.807) is 29.7 Å². The Bertz CT molecular complexity index is 1650.